The summed E-state index contributed by atoms with van der Waals surface area (Å²) in [7, 11) is 0. The second kappa shape index (κ2) is 8.81. The van der Waals surface area contributed by atoms with Gasteiger partial charge in [0, 0.05) is 13.0 Å². The Labute approximate surface area is 152 Å². The molecule has 0 spiro atoms. The molecule has 1 amide bonds. The number of nitrogens with two attached hydrogens (primary N) is 1. The Hall–Kier alpha value is -1.39. The zero-order chi connectivity index (χ0) is 17.5. The fraction of sp³-hybridized carbons (Fsp3) is 0.667. The molecule has 138 valence electrons. The summed E-state index contributed by atoms with van der Waals surface area (Å²) in [6.45, 7) is 3.59. The molecule has 1 unspecified atom stereocenters. The molecule has 0 radical (unpaired) electrons. The highest BCUT2D eigenvalue weighted by molar-refractivity contribution is 5.76. The number of hydrogen-bond acceptors (Lipinski definition) is 3. The van der Waals surface area contributed by atoms with Crippen molar-refractivity contribution in [3.8, 4) is 0 Å². The summed E-state index contributed by atoms with van der Waals surface area (Å²) in [5, 5.41) is 3.23. The number of likely N-dealkylation sites (tertiary alicyclic amines) is 1. The van der Waals surface area contributed by atoms with Crippen molar-refractivity contribution in [2.24, 2.45) is 11.1 Å². The quantitative estimate of drug-likeness (QED) is 0.799. The average Bonchev–Trinajstić information content (AvgIpc) is 3.18. The van der Waals surface area contributed by atoms with Crippen molar-refractivity contribution in [1.82, 2.24) is 10.2 Å². The van der Waals surface area contributed by atoms with E-state index in [1.807, 2.05) is 0 Å². The van der Waals surface area contributed by atoms with E-state index in [1.165, 1.54) is 37.7 Å². The Morgan fingerprint density at radius 1 is 1.08 bits per heavy atom. The number of hydrogen-bond donors (Lipinski definition) is 2. The SMILES string of the molecule is NCC1(CC(=O)NCC(c2ccccc2)N2CCCC2)CCCCC1. The van der Waals surface area contributed by atoms with Gasteiger partial charge in [0.15, 0.2) is 0 Å². The number of carbonyl (C=O) groups excluding carboxylic acids is 1. The summed E-state index contributed by atoms with van der Waals surface area (Å²) in [6.07, 6.45) is 9.02. The topological polar surface area (TPSA) is 58.4 Å². The van der Waals surface area contributed by atoms with Crippen LogP contribution in [0.4, 0.5) is 0 Å². The van der Waals surface area contributed by atoms with Gasteiger partial charge in [-0.05, 0) is 56.3 Å². The molecule has 1 atom stereocenters. The molecule has 1 aliphatic carbocycles. The highest BCUT2D eigenvalue weighted by Crippen LogP contribution is 2.38. The fourth-order valence-corrected chi connectivity index (χ4v) is 4.55. The van der Waals surface area contributed by atoms with Gasteiger partial charge in [-0.15, -0.1) is 0 Å². The van der Waals surface area contributed by atoms with Gasteiger partial charge in [-0.2, -0.15) is 0 Å². The summed E-state index contributed by atoms with van der Waals surface area (Å²) in [5.74, 6) is 0.174. The van der Waals surface area contributed by atoms with Crippen molar-refractivity contribution in [2.45, 2.75) is 57.4 Å². The monoisotopic (exact) mass is 343 g/mol. The second-order valence-corrected chi connectivity index (χ2v) is 7.92. The molecule has 0 bridgehead atoms. The van der Waals surface area contributed by atoms with Gasteiger partial charge in [0.2, 0.25) is 5.91 Å². The van der Waals surface area contributed by atoms with Gasteiger partial charge in [0.25, 0.3) is 0 Å². The Morgan fingerprint density at radius 2 is 1.76 bits per heavy atom. The van der Waals surface area contributed by atoms with Crippen LogP contribution in [0.3, 0.4) is 0 Å². The lowest BCUT2D eigenvalue weighted by atomic mass is 9.71. The van der Waals surface area contributed by atoms with Crippen LogP contribution in [0.15, 0.2) is 30.3 Å². The van der Waals surface area contributed by atoms with E-state index in [0.29, 0.717) is 19.5 Å². The molecular weight excluding hydrogens is 310 g/mol. The minimum absolute atomic E-state index is 0.0399. The molecule has 1 heterocycles. The van der Waals surface area contributed by atoms with Crippen LogP contribution in [0.5, 0.6) is 0 Å². The first kappa shape index (κ1) is 18.4. The lowest BCUT2D eigenvalue weighted by Gasteiger charge is -2.36. The molecule has 1 aromatic rings. The van der Waals surface area contributed by atoms with Crippen molar-refractivity contribution in [1.29, 1.82) is 0 Å². The van der Waals surface area contributed by atoms with Crippen LogP contribution in [0.25, 0.3) is 0 Å². The first-order valence-corrected chi connectivity index (χ1v) is 9.98. The van der Waals surface area contributed by atoms with Crippen LogP contribution >= 0.6 is 0 Å². The van der Waals surface area contributed by atoms with Crippen LogP contribution in [-0.2, 0) is 4.79 Å². The molecule has 4 heteroatoms. The van der Waals surface area contributed by atoms with Gasteiger partial charge in [0.05, 0.1) is 6.04 Å². The maximum absolute atomic E-state index is 12.6. The molecule has 2 fully saturated rings. The van der Waals surface area contributed by atoms with Crippen molar-refractivity contribution in [2.75, 3.05) is 26.2 Å². The van der Waals surface area contributed by atoms with E-state index in [0.717, 1.165) is 25.9 Å². The van der Waals surface area contributed by atoms with Crippen LogP contribution in [0.2, 0.25) is 0 Å². The first-order chi connectivity index (χ1) is 12.2. The third kappa shape index (κ3) is 4.83. The van der Waals surface area contributed by atoms with E-state index in [1.54, 1.807) is 0 Å². The summed E-state index contributed by atoms with van der Waals surface area (Å²) in [5.41, 5.74) is 7.39. The van der Waals surface area contributed by atoms with E-state index in [-0.39, 0.29) is 17.4 Å². The van der Waals surface area contributed by atoms with Gasteiger partial charge in [-0.3, -0.25) is 9.69 Å². The number of nitrogens with zero attached hydrogens (tertiary/aromatic N) is 1. The van der Waals surface area contributed by atoms with E-state index >= 15 is 0 Å². The molecule has 0 aromatic heterocycles. The van der Waals surface area contributed by atoms with Crippen molar-refractivity contribution < 1.29 is 4.79 Å². The Kier molecular flexibility index (Phi) is 6.49. The molecule has 3 rings (SSSR count). The standard InChI is InChI=1S/C21H33N3O/c22-17-21(11-5-2-6-12-21)15-20(25)23-16-19(24-13-7-8-14-24)18-9-3-1-4-10-18/h1,3-4,9-10,19H,2,5-8,11-17,22H2,(H,23,25). The summed E-state index contributed by atoms with van der Waals surface area (Å²) in [4.78, 5) is 15.1. The lowest BCUT2D eigenvalue weighted by molar-refractivity contribution is -0.124. The normalized spacial score (nSPS) is 21.8. The maximum atomic E-state index is 12.6. The Bertz CT molecular complexity index is 533. The summed E-state index contributed by atoms with van der Waals surface area (Å²) in [6, 6.07) is 10.9. The average molecular weight is 344 g/mol. The van der Waals surface area contributed by atoms with E-state index in [2.05, 4.69) is 40.5 Å². The van der Waals surface area contributed by atoms with E-state index < -0.39 is 0 Å². The minimum Gasteiger partial charge on any atom is -0.354 e. The summed E-state index contributed by atoms with van der Waals surface area (Å²) < 4.78 is 0. The van der Waals surface area contributed by atoms with E-state index in [9.17, 15) is 4.79 Å². The largest absolute Gasteiger partial charge is 0.354 e. The van der Waals surface area contributed by atoms with Gasteiger partial charge in [0.1, 0.15) is 0 Å². The van der Waals surface area contributed by atoms with Crippen molar-refractivity contribution >= 4 is 5.91 Å². The number of amides is 1. The van der Waals surface area contributed by atoms with Gasteiger partial charge >= 0.3 is 0 Å². The third-order valence-electron chi connectivity index (χ3n) is 6.14. The maximum Gasteiger partial charge on any atom is 0.220 e. The predicted molar refractivity (Wildman–Crippen MR) is 102 cm³/mol. The third-order valence-corrected chi connectivity index (χ3v) is 6.14. The van der Waals surface area contributed by atoms with Crippen LogP contribution < -0.4 is 11.1 Å². The lowest BCUT2D eigenvalue weighted by Crippen LogP contribution is -2.41. The molecule has 3 N–H and O–H groups in total. The van der Waals surface area contributed by atoms with E-state index in [4.69, 9.17) is 5.73 Å². The summed E-state index contributed by atoms with van der Waals surface area (Å²) >= 11 is 0. The Morgan fingerprint density at radius 3 is 2.40 bits per heavy atom. The fourth-order valence-electron chi connectivity index (χ4n) is 4.55. The first-order valence-electron chi connectivity index (χ1n) is 9.98. The molecular formula is C21H33N3O. The zero-order valence-corrected chi connectivity index (χ0v) is 15.4. The number of carbonyl (C=O) groups is 1. The Balaban J connectivity index is 1.59. The smallest absolute Gasteiger partial charge is 0.220 e. The van der Waals surface area contributed by atoms with Gasteiger partial charge < -0.3 is 11.1 Å². The molecule has 1 saturated carbocycles. The minimum atomic E-state index is 0.0399. The molecule has 2 aliphatic rings. The molecule has 1 aromatic carbocycles. The van der Waals surface area contributed by atoms with Gasteiger partial charge in [-0.1, -0.05) is 49.6 Å². The highest BCUT2D eigenvalue weighted by atomic mass is 16.1. The van der Waals surface area contributed by atoms with Crippen molar-refractivity contribution in [3.05, 3.63) is 35.9 Å². The second-order valence-electron chi connectivity index (χ2n) is 7.92. The number of rotatable bonds is 7. The van der Waals surface area contributed by atoms with Gasteiger partial charge in [-0.25, -0.2) is 0 Å². The molecule has 4 nitrogen and oxygen atoms in total. The number of benzene rings is 1. The molecule has 1 saturated heterocycles. The molecule has 1 aliphatic heterocycles. The van der Waals surface area contributed by atoms with Crippen LogP contribution in [-0.4, -0.2) is 37.0 Å². The zero-order valence-electron chi connectivity index (χ0n) is 15.4. The highest BCUT2D eigenvalue weighted by Gasteiger charge is 2.33. The van der Waals surface area contributed by atoms with Crippen LogP contribution in [0, 0.1) is 5.41 Å². The van der Waals surface area contributed by atoms with Crippen molar-refractivity contribution in [3.63, 3.8) is 0 Å². The number of nitrogens with one attached hydrogen (secondary N) is 1. The predicted octanol–water partition coefficient (Wildman–Crippen LogP) is 3.24. The van der Waals surface area contributed by atoms with Crippen LogP contribution in [0.1, 0.15) is 63.0 Å². The molecule has 25 heavy (non-hydrogen) atoms.